The summed E-state index contributed by atoms with van der Waals surface area (Å²) in [4.78, 5) is 4.32. The first-order valence-corrected chi connectivity index (χ1v) is 5.56. The second kappa shape index (κ2) is 4.54. The first kappa shape index (κ1) is 11.6. The van der Waals surface area contributed by atoms with E-state index < -0.39 is 0 Å². The average Bonchev–Trinajstić information content (AvgIpc) is 2.74. The van der Waals surface area contributed by atoms with Crippen molar-refractivity contribution in [2.24, 2.45) is 10.9 Å². The van der Waals surface area contributed by atoms with Gasteiger partial charge in [0.1, 0.15) is 0 Å². The molecule has 0 aromatic carbocycles. The molecule has 6 nitrogen and oxygen atoms in total. The highest BCUT2D eigenvalue weighted by Gasteiger charge is 2.06. The summed E-state index contributed by atoms with van der Waals surface area (Å²) in [5.74, 6) is 0.653. The summed E-state index contributed by atoms with van der Waals surface area (Å²) in [6, 6.07) is 3.43. The minimum absolute atomic E-state index is 0.0444. The van der Waals surface area contributed by atoms with Crippen LogP contribution >= 0.6 is 15.9 Å². The van der Waals surface area contributed by atoms with E-state index in [1.165, 1.54) is 0 Å². The molecule has 0 unspecified atom stereocenters. The Labute approximate surface area is 106 Å². The summed E-state index contributed by atoms with van der Waals surface area (Å²) in [5.41, 5.74) is 6.91. The second-order valence-corrected chi connectivity index (χ2v) is 4.36. The number of rotatable bonds is 2. The van der Waals surface area contributed by atoms with Crippen LogP contribution in [0.2, 0.25) is 0 Å². The number of oxime groups is 1. The number of hydrogen-bond acceptors (Lipinski definition) is 4. The van der Waals surface area contributed by atoms with Gasteiger partial charge in [0.25, 0.3) is 0 Å². The predicted molar refractivity (Wildman–Crippen MR) is 66.3 cm³/mol. The minimum Gasteiger partial charge on any atom is -0.409 e. The van der Waals surface area contributed by atoms with Crippen LogP contribution in [0.3, 0.4) is 0 Å². The molecule has 0 bridgehead atoms. The number of pyridine rings is 1. The molecule has 0 spiro atoms. The largest absolute Gasteiger partial charge is 0.409 e. The molecular weight excluding hydrogens is 286 g/mol. The van der Waals surface area contributed by atoms with Gasteiger partial charge >= 0.3 is 0 Å². The fraction of sp³-hybridized carbons (Fsp3) is 0.100. The van der Waals surface area contributed by atoms with Crippen molar-refractivity contribution >= 4 is 21.8 Å². The molecule has 2 aromatic rings. The van der Waals surface area contributed by atoms with Crippen LogP contribution in [0.25, 0.3) is 5.82 Å². The summed E-state index contributed by atoms with van der Waals surface area (Å²) >= 11 is 3.31. The Kier molecular flexibility index (Phi) is 3.10. The van der Waals surface area contributed by atoms with Gasteiger partial charge in [0.2, 0.25) is 0 Å². The number of nitrogens with zero attached hydrogens (tertiary/aromatic N) is 4. The number of hydrogen-bond donors (Lipinski definition) is 2. The summed E-state index contributed by atoms with van der Waals surface area (Å²) < 4.78 is 2.46. The lowest BCUT2D eigenvalue weighted by atomic mass is 10.2. The summed E-state index contributed by atoms with van der Waals surface area (Å²) in [6.45, 7) is 1.83. The maximum Gasteiger partial charge on any atom is 0.170 e. The van der Waals surface area contributed by atoms with Crippen molar-refractivity contribution in [2.45, 2.75) is 6.92 Å². The molecule has 2 aromatic heterocycles. The van der Waals surface area contributed by atoms with Crippen molar-refractivity contribution in [2.75, 3.05) is 0 Å². The van der Waals surface area contributed by atoms with E-state index in [9.17, 15) is 0 Å². The Morgan fingerprint density at radius 3 is 2.88 bits per heavy atom. The number of amidine groups is 1. The van der Waals surface area contributed by atoms with E-state index in [4.69, 9.17) is 10.9 Å². The fourth-order valence-corrected chi connectivity index (χ4v) is 1.69. The molecule has 17 heavy (non-hydrogen) atoms. The zero-order chi connectivity index (χ0) is 12.4. The van der Waals surface area contributed by atoms with Crippen LogP contribution in [-0.2, 0) is 0 Å². The molecule has 0 saturated carbocycles. The second-order valence-electron chi connectivity index (χ2n) is 3.44. The smallest absolute Gasteiger partial charge is 0.170 e. The third kappa shape index (κ3) is 2.44. The van der Waals surface area contributed by atoms with E-state index in [0.717, 1.165) is 10.2 Å². The highest BCUT2D eigenvalue weighted by molar-refractivity contribution is 9.10. The molecule has 88 valence electrons. The first-order chi connectivity index (χ1) is 8.10. The Morgan fingerprint density at radius 1 is 1.53 bits per heavy atom. The lowest BCUT2D eigenvalue weighted by Crippen LogP contribution is -2.14. The van der Waals surface area contributed by atoms with Gasteiger partial charge in [-0.05, 0) is 35.0 Å². The minimum atomic E-state index is 0.0444. The maximum absolute atomic E-state index is 8.66. The van der Waals surface area contributed by atoms with Gasteiger partial charge in [-0.1, -0.05) is 5.16 Å². The van der Waals surface area contributed by atoms with Gasteiger partial charge in [-0.25, -0.2) is 9.67 Å². The molecule has 0 aliphatic carbocycles. The van der Waals surface area contributed by atoms with E-state index in [2.05, 4.69) is 31.2 Å². The highest BCUT2D eigenvalue weighted by atomic mass is 79.9. The van der Waals surface area contributed by atoms with Gasteiger partial charge in [-0.15, -0.1) is 0 Å². The van der Waals surface area contributed by atoms with Crippen molar-refractivity contribution < 1.29 is 5.21 Å². The molecule has 0 fully saturated rings. The van der Waals surface area contributed by atoms with E-state index in [0.29, 0.717) is 11.4 Å². The van der Waals surface area contributed by atoms with Gasteiger partial charge in [0, 0.05) is 17.5 Å². The zero-order valence-corrected chi connectivity index (χ0v) is 10.6. The number of halogens is 1. The third-order valence-electron chi connectivity index (χ3n) is 2.13. The molecule has 0 radical (unpaired) electrons. The van der Waals surface area contributed by atoms with Crippen LogP contribution in [0.5, 0.6) is 0 Å². The molecule has 0 amide bonds. The van der Waals surface area contributed by atoms with E-state index in [1.54, 1.807) is 29.2 Å². The van der Waals surface area contributed by atoms with Crippen molar-refractivity contribution in [1.82, 2.24) is 14.8 Å². The molecule has 2 heterocycles. The summed E-state index contributed by atoms with van der Waals surface area (Å²) in [6.07, 6.45) is 3.44. The Morgan fingerprint density at radius 2 is 2.29 bits per heavy atom. The number of aromatic nitrogens is 3. The average molecular weight is 296 g/mol. The lowest BCUT2D eigenvalue weighted by Gasteiger charge is -2.05. The monoisotopic (exact) mass is 295 g/mol. The quantitative estimate of drug-likeness (QED) is 0.380. The van der Waals surface area contributed by atoms with E-state index in [1.807, 2.05) is 6.92 Å². The molecule has 0 aliphatic rings. The first-order valence-electron chi connectivity index (χ1n) is 4.77. The molecule has 0 saturated heterocycles. The van der Waals surface area contributed by atoms with Crippen molar-refractivity contribution in [3.05, 3.63) is 40.3 Å². The standard InChI is InChI=1S/C10H10BrN5O/c1-6-2-7(10(12)15-17)3-9(14-6)16-5-8(11)4-13-16/h2-5,17H,1H3,(H2,12,15). The SMILES string of the molecule is Cc1cc(/C(N)=N/O)cc(-n2cc(Br)cn2)n1. The van der Waals surface area contributed by atoms with Gasteiger partial charge in [0.05, 0.1) is 10.7 Å². The molecular formula is C10H10BrN5O. The zero-order valence-electron chi connectivity index (χ0n) is 9.00. The van der Waals surface area contributed by atoms with Gasteiger partial charge < -0.3 is 10.9 Å². The topological polar surface area (TPSA) is 89.3 Å². The van der Waals surface area contributed by atoms with E-state index >= 15 is 0 Å². The maximum atomic E-state index is 8.66. The van der Waals surface area contributed by atoms with Crippen molar-refractivity contribution in [3.63, 3.8) is 0 Å². The molecule has 7 heteroatoms. The van der Waals surface area contributed by atoms with Crippen LogP contribution in [0.4, 0.5) is 0 Å². The Hall–Kier alpha value is -1.89. The van der Waals surface area contributed by atoms with Crippen molar-refractivity contribution in [1.29, 1.82) is 0 Å². The van der Waals surface area contributed by atoms with Crippen molar-refractivity contribution in [3.8, 4) is 5.82 Å². The molecule has 3 N–H and O–H groups in total. The van der Waals surface area contributed by atoms with Crippen LogP contribution in [-0.4, -0.2) is 25.8 Å². The number of nitrogens with two attached hydrogens (primary N) is 1. The molecule has 2 rings (SSSR count). The van der Waals surface area contributed by atoms with Crippen LogP contribution < -0.4 is 5.73 Å². The summed E-state index contributed by atoms with van der Waals surface area (Å²) in [7, 11) is 0. The Bertz CT molecular complexity index is 578. The summed E-state index contributed by atoms with van der Waals surface area (Å²) in [5, 5.41) is 15.7. The van der Waals surface area contributed by atoms with Crippen LogP contribution in [0.1, 0.15) is 11.3 Å². The Balaban J connectivity index is 2.52. The van der Waals surface area contributed by atoms with Crippen LogP contribution in [0.15, 0.2) is 34.2 Å². The molecule has 0 atom stereocenters. The number of aryl methyl sites for hydroxylation is 1. The van der Waals surface area contributed by atoms with Gasteiger partial charge in [-0.3, -0.25) is 0 Å². The van der Waals surface area contributed by atoms with Gasteiger partial charge in [-0.2, -0.15) is 5.10 Å². The predicted octanol–water partition coefficient (Wildman–Crippen LogP) is 1.43. The molecule has 0 aliphatic heterocycles. The normalized spacial score (nSPS) is 11.8. The third-order valence-corrected chi connectivity index (χ3v) is 2.54. The van der Waals surface area contributed by atoms with Gasteiger partial charge in [0.15, 0.2) is 11.7 Å². The van der Waals surface area contributed by atoms with Crippen LogP contribution in [0, 0.1) is 6.92 Å². The highest BCUT2D eigenvalue weighted by Crippen LogP contribution is 2.13. The fourth-order valence-electron chi connectivity index (χ4n) is 1.40. The lowest BCUT2D eigenvalue weighted by molar-refractivity contribution is 0.318. The van der Waals surface area contributed by atoms with E-state index in [-0.39, 0.29) is 5.84 Å².